The quantitative estimate of drug-likeness (QED) is 0.739. The Bertz CT molecular complexity index is 996. The number of ketones is 1. The van der Waals surface area contributed by atoms with Gasteiger partial charge in [-0.15, -0.1) is 11.3 Å². The zero-order chi connectivity index (χ0) is 17.4. The van der Waals surface area contributed by atoms with Crippen molar-refractivity contribution in [3.05, 3.63) is 69.7 Å². The standard InChI is InChI=1S/C18H12N2O4S/c21-12-4-2-7-19-15(12)18(23)20-11-3-1-5-13-14(11)16(22)17-10(9-24-13)6-8-25-17/h1-8,21H,9H2,(H,20,23). The molecule has 1 aliphatic rings. The lowest BCUT2D eigenvalue weighted by molar-refractivity contribution is 0.101. The van der Waals surface area contributed by atoms with E-state index in [9.17, 15) is 14.7 Å². The highest BCUT2D eigenvalue weighted by atomic mass is 32.1. The summed E-state index contributed by atoms with van der Waals surface area (Å²) >= 11 is 1.34. The molecule has 0 atom stereocenters. The van der Waals surface area contributed by atoms with E-state index in [1.807, 2.05) is 11.4 Å². The lowest BCUT2D eigenvalue weighted by Crippen LogP contribution is -2.16. The number of aromatic nitrogens is 1. The lowest BCUT2D eigenvalue weighted by Gasteiger charge is -2.12. The number of nitrogens with zero attached hydrogens (tertiary/aromatic N) is 1. The van der Waals surface area contributed by atoms with Crippen LogP contribution in [0, 0.1) is 0 Å². The molecule has 25 heavy (non-hydrogen) atoms. The van der Waals surface area contributed by atoms with Crippen LogP contribution in [0.4, 0.5) is 5.69 Å². The molecule has 124 valence electrons. The summed E-state index contributed by atoms with van der Waals surface area (Å²) in [5.41, 5.74) is 1.33. The average molecular weight is 352 g/mol. The Morgan fingerprint density at radius 1 is 1.24 bits per heavy atom. The highest BCUT2D eigenvalue weighted by Crippen LogP contribution is 2.35. The maximum Gasteiger partial charge on any atom is 0.278 e. The number of amides is 1. The van der Waals surface area contributed by atoms with Gasteiger partial charge in [-0.1, -0.05) is 6.07 Å². The number of nitrogens with one attached hydrogen (secondary N) is 1. The van der Waals surface area contributed by atoms with Crippen molar-refractivity contribution in [2.24, 2.45) is 0 Å². The van der Waals surface area contributed by atoms with E-state index in [-0.39, 0.29) is 17.2 Å². The van der Waals surface area contributed by atoms with Crippen LogP contribution in [0.2, 0.25) is 0 Å². The van der Waals surface area contributed by atoms with Crippen molar-refractivity contribution >= 4 is 28.7 Å². The van der Waals surface area contributed by atoms with Gasteiger partial charge in [0, 0.05) is 11.8 Å². The zero-order valence-corrected chi connectivity index (χ0v) is 13.7. The van der Waals surface area contributed by atoms with Crippen LogP contribution in [0.1, 0.15) is 31.3 Å². The van der Waals surface area contributed by atoms with Gasteiger partial charge in [0.15, 0.2) is 5.69 Å². The second-order valence-corrected chi connectivity index (χ2v) is 6.31. The van der Waals surface area contributed by atoms with Gasteiger partial charge in [0.1, 0.15) is 18.1 Å². The summed E-state index contributed by atoms with van der Waals surface area (Å²) in [6.07, 6.45) is 1.41. The molecule has 0 aliphatic carbocycles. The molecular formula is C18H12N2O4S. The van der Waals surface area contributed by atoms with Crippen LogP contribution < -0.4 is 10.1 Å². The van der Waals surface area contributed by atoms with Crippen molar-refractivity contribution in [1.82, 2.24) is 4.98 Å². The van der Waals surface area contributed by atoms with Gasteiger partial charge in [-0.2, -0.15) is 0 Å². The number of aromatic hydroxyl groups is 1. The topological polar surface area (TPSA) is 88.5 Å². The van der Waals surface area contributed by atoms with Crippen LogP contribution in [0.25, 0.3) is 0 Å². The van der Waals surface area contributed by atoms with Gasteiger partial charge in [-0.25, -0.2) is 4.98 Å². The van der Waals surface area contributed by atoms with Crippen molar-refractivity contribution in [2.75, 3.05) is 5.32 Å². The smallest absolute Gasteiger partial charge is 0.278 e. The van der Waals surface area contributed by atoms with Crippen LogP contribution in [0.15, 0.2) is 48.0 Å². The van der Waals surface area contributed by atoms with E-state index in [0.717, 1.165) is 5.56 Å². The Kier molecular flexibility index (Phi) is 3.70. The highest BCUT2D eigenvalue weighted by molar-refractivity contribution is 7.12. The summed E-state index contributed by atoms with van der Waals surface area (Å²) in [5, 5.41) is 14.3. The van der Waals surface area contributed by atoms with Crippen LogP contribution >= 0.6 is 11.3 Å². The van der Waals surface area contributed by atoms with Gasteiger partial charge in [-0.3, -0.25) is 9.59 Å². The minimum atomic E-state index is -0.602. The molecule has 1 aromatic carbocycles. The molecule has 3 heterocycles. The number of benzene rings is 1. The number of hydrogen-bond donors (Lipinski definition) is 2. The number of thiophene rings is 1. The molecule has 1 aliphatic heterocycles. The first-order chi connectivity index (χ1) is 12.1. The van der Waals surface area contributed by atoms with Crippen molar-refractivity contribution in [3.63, 3.8) is 0 Å². The van der Waals surface area contributed by atoms with Crippen molar-refractivity contribution in [3.8, 4) is 11.5 Å². The van der Waals surface area contributed by atoms with Gasteiger partial charge >= 0.3 is 0 Å². The number of pyridine rings is 1. The van der Waals surface area contributed by atoms with Crippen LogP contribution in [0.5, 0.6) is 11.5 Å². The Labute approximate surface area is 146 Å². The van der Waals surface area contributed by atoms with Gasteiger partial charge in [0.05, 0.1) is 16.1 Å². The highest BCUT2D eigenvalue weighted by Gasteiger charge is 2.27. The summed E-state index contributed by atoms with van der Waals surface area (Å²) < 4.78 is 5.72. The largest absolute Gasteiger partial charge is 0.505 e. The average Bonchev–Trinajstić information content (AvgIpc) is 3.03. The van der Waals surface area contributed by atoms with Crippen LogP contribution in [0.3, 0.4) is 0 Å². The molecule has 0 fully saturated rings. The summed E-state index contributed by atoms with van der Waals surface area (Å²) in [4.78, 5) is 29.8. The molecule has 0 bridgehead atoms. The number of fused-ring (bicyclic) bond motifs is 2. The molecule has 3 aromatic rings. The number of carbonyl (C=O) groups excluding carboxylic acids is 2. The van der Waals surface area contributed by atoms with Crippen LogP contribution in [-0.4, -0.2) is 21.8 Å². The number of hydrogen-bond acceptors (Lipinski definition) is 6. The zero-order valence-electron chi connectivity index (χ0n) is 12.9. The molecule has 4 rings (SSSR count). The summed E-state index contributed by atoms with van der Waals surface area (Å²) in [6, 6.07) is 9.76. The molecule has 6 nitrogen and oxygen atoms in total. The molecule has 0 radical (unpaired) electrons. The fourth-order valence-corrected chi connectivity index (χ4v) is 3.52. The third-order valence-electron chi connectivity index (χ3n) is 3.84. The summed E-state index contributed by atoms with van der Waals surface area (Å²) in [7, 11) is 0. The number of ether oxygens (including phenoxy) is 1. The Morgan fingerprint density at radius 2 is 2.12 bits per heavy atom. The third kappa shape index (κ3) is 2.64. The van der Waals surface area contributed by atoms with E-state index in [1.54, 1.807) is 18.2 Å². The minimum Gasteiger partial charge on any atom is -0.505 e. The molecule has 1 amide bonds. The summed E-state index contributed by atoms with van der Waals surface area (Å²) in [5.74, 6) is -0.616. The molecule has 0 saturated heterocycles. The first-order valence-electron chi connectivity index (χ1n) is 7.47. The van der Waals surface area contributed by atoms with E-state index >= 15 is 0 Å². The van der Waals surface area contributed by atoms with E-state index in [0.29, 0.717) is 28.5 Å². The van der Waals surface area contributed by atoms with E-state index in [2.05, 4.69) is 10.3 Å². The van der Waals surface area contributed by atoms with E-state index in [4.69, 9.17) is 4.74 Å². The predicted octanol–water partition coefficient (Wildman–Crippen LogP) is 3.22. The first-order valence-corrected chi connectivity index (χ1v) is 8.35. The second kappa shape index (κ2) is 6.03. The Morgan fingerprint density at radius 3 is 2.96 bits per heavy atom. The molecule has 2 N–H and O–H groups in total. The fourth-order valence-electron chi connectivity index (χ4n) is 2.66. The van der Waals surface area contributed by atoms with E-state index in [1.165, 1.54) is 29.7 Å². The van der Waals surface area contributed by atoms with Crippen LogP contribution in [-0.2, 0) is 6.61 Å². The van der Waals surface area contributed by atoms with E-state index < -0.39 is 5.91 Å². The van der Waals surface area contributed by atoms with Crippen molar-refractivity contribution < 1.29 is 19.4 Å². The molecule has 2 aromatic heterocycles. The fraction of sp³-hybridized carbons (Fsp3) is 0.0556. The first kappa shape index (κ1) is 15.3. The maximum absolute atomic E-state index is 12.9. The maximum atomic E-state index is 12.9. The Balaban J connectivity index is 1.75. The second-order valence-electron chi connectivity index (χ2n) is 5.40. The molecular weight excluding hydrogens is 340 g/mol. The van der Waals surface area contributed by atoms with Crippen molar-refractivity contribution in [1.29, 1.82) is 0 Å². The Hall–Kier alpha value is -3.19. The van der Waals surface area contributed by atoms with Gasteiger partial charge < -0.3 is 15.2 Å². The summed E-state index contributed by atoms with van der Waals surface area (Å²) in [6.45, 7) is 0.302. The number of rotatable bonds is 2. The normalized spacial score (nSPS) is 12.6. The predicted molar refractivity (Wildman–Crippen MR) is 92.4 cm³/mol. The lowest BCUT2D eigenvalue weighted by atomic mass is 10.0. The molecule has 0 spiro atoms. The monoisotopic (exact) mass is 352 g/mol. The van der Waals surface area contributed by atoms with Crippen molar-refractivity contribution in [2.45, 2.75) is 6.61 Å². The van der Waals surface area contributed by atoms with Gasteiger partial charge in [0.2, 0.25) is 5.78 Å². The minimum absolute atomic E-state index is 0.112. The van der Waals surface area contributed by atoms with Gasteiger partial charge in [0.25, 0.3) is 5.91 Å². The molecule has 0 saturated carbocycles. The molecule has 7 heteroatoms. The molecule has 0 unspecified atom stereocenters. The third-order valence-corrected chi connectivity index (χ3v) is 4.79. The SMILES string of the molecule is O=C(Nc1cccc2c1C(=O)c1sccc1CO2)c1ncccc1O. The number of anilines is 1. The van der Waals surface area contributed by atoms with Gasteiger partial charge in [-0.05, 0) is 35.7 Å². The number of carbonyl (C=O) groups is 2.